The molecule has 9 heteroatoms. The minimum Gasteiger partial charge on any atom is -0.493 e. The number of hydrogen-bond acceptors (Lipinski definition) is 6. The van der Waals surface area contributed by atoms with Crippen LogP contribution in [-0.2, 0) is 27.8 Å². The molecule has 2 aromatic rings. The summed E-state index contributed by atoms with van der Waals surface area (Å²) in [6, 6.07) is 9.18. The summed E-state index contributed by atoms with van der Waals surface area (Å²) in [5.41, 5.74) is 2.66. The van der Waals surface area contributed by atoms with Gasteiger partial charge in [0.15, 0.2) is 0 Å². The van der Waals surface area contributed by atoms with Gasteiger partial charge in [-0.2, -0.15) is 0 Å². The predicted molar refractivity (Wildman–Crippen MR) is 126 cm³/mol. The first-order valence-electron chi connectivity index (χ1n) is 11.2. The molecule has 4 rings (SSSR count). The Bertz CT molecular complexity index is 1130. The molecule has 33 heavy (non-hydrogen) atoms. The van der Waals surface area contributed by atoms with Crippen molar-refractivity contribution in [3.05, 3.63) is 65.4 Å². The highest BCUT2D eigenvalue weighted by atomic mass is 32.2. The van der Waals surface area contributed by atoms with Crippen molar-refractivity contribution in [1.29, 1.82) is 0 Å². The Morgan fingerprint density at radius 3 is 2.97 bits per heavy atom. The van der Waals surface area contributed by atoms with Crippen LogP contribution < -0.4 is 14.8 Å². The first-order chi connectivity index (χ1) is 15.9. The van der Waals surface area contributed by atoms with E-state index in [1.807, 2.05) is 49.4 Å². The first-order valence-corrected chi connectivity index (χ1v) is 12.8. The quantitative estimate of drug-likeness (QED) is 0.478. The first kappa shape index (κ1) is 23.3. The molecule has 1 aromatic heterocycles. The summed E-state index contributed by atoms with van der Waals surface area (Å²) in [7, 11) is -3.43. The Morgan fingerprint density at radius 1 is 1.30 bits per heavy atom. The number of ether oxygens (including phenoxy) is 2. The topological polar surface area (TPSA) is 107 Å². The van der Waals surface area contributed by atoms with Crippen molar-refractivity contribution in [2.45, 2.75) is 45.3 Å². The van der Waals surface area contributed by atoms with Crippen molar-refractivity contribution < 1.29 is 22.7 Å². The van der Waals surface area contributed by atoms with Crippen molar-refractivity contribution in [3.63, 3.8) is 0 Å². The van der Waals surface area contributed by atoms with Crippen LogP contribution in [0.1, 0.15) is 48.9 Å². The number of sulfonamides is 1. The minimum atomic E-state index is -3.43. The SMILES string of the molecule is C[C@@H](NS(=O)(=O)CC/C=C/Cc1cnc2c(c1)COC(=O)N2)c1cccc(OCC2CC2)c1. The van der Waals surface area contributed by atoms with Gasteiger partial charge in [-0.15, -0.1) is 0 Å². The highest BCUT2D eigenvalue weighted by Gasteiger charge is 2.22. The Labute approximate surface area is 194 Å². The molecule has 0 radical (unpaired) electrons. The zero-order chi connectivity index (χ0) is 23.3. The molecule has 176 valence electrons. The molecule has 1 atom stereocenters. The van der Waals surface area contributed by atoms with Crippen molar-refractivity contribution in [1.82, 2.24) is 9.71 Å². The van der Waals surface area contributed by atoms with Gasteiger partial charge < -0.3 is 9.47 Å². The lowest BCUT2D eigenvalue weighted by molar-refractivity contribution is 0.151. The van der Waals surface area contributed by atoms with Crippen molar-refractivity contribution in [2.24, 2.45) is 5.92 Å². The summed E-state index contributed by atoms with van der Waals surface area (Å²) in [5, 5.41) is 2.55. The maximum atomic E-state index is 12.5. The van der Waals surface area contributed by atoms with Crippen molar-refractivity contribution in [3.8, 4) is 5.75 Å². The molecule has 2 aliphatic rings. The van der Waals surface area contributed by atoms with Gasteiger partial charge >= 0.3 is 6.09 Å². The van der Waals surface area contributed by atoms with Gasteiger partial charge in [0.25, 0.3) is 0 Å². The molecule has 1 amide bonds. The zero-order valence-corrected chi connectivity index (χ0v) is 19.4. The van der Waals surface area contributed by atoms with Crippen molar-refractivity contribution >= 4 is 21.9 Å². The molecule has 2 N–H and O–H groups in total. The van der Waals surface area contributed by atoms with E-state index in [0.29, 0.717) is 24.6 Å². The number of pyridine rings is 1. The Balaban J connectivity index is 1.23. The van der Waals surface area contributed by atoms with Gasteiger partial charge in [0.1, 0.15) is 18.2 Å². The van der Waals surface area contributed by atoms with Gasteiger partial charge in [-0.1, -0.05) is 24.3 Å². The number of nitrogens with zero attached hydrogens (tertiary/aromatic N) is 1. The number of aromatic nitrogens is 1. The van der Waals surface area contributed by atoms with Gasteiger partial charge in [0.2, 0.25) is 10.0 Å². The molecule has 0 unspecified atom stereocenters. The molecular formula is C24H29N3O5S. The fourth-order valence-corrected chi connectivity index (χ4v) is 4.74. The number of cyclic esters (lactones) is 1. The van der Waals surface area contributed by atoms with E-state index in [1.165, 1.54) is 12.8 Å². The predicted octanol–water partition coefficient (Wildman–Crippen LogP) is 4.10. The van der Waals surface area contributed by atoms with Gasteiger partial charge in [0.05, 0.1) is 12.4 Å². The third-order valence-electron chi connectivity index (χ3n) is 5.57. The minimum absolute atomic E-state index is 0.00796. The van der Waals surface area contributed by atoms with Gasteiger partial charge in [-0.3, -0.25) is 5.32 Å². The van der Waals surface area contributed by atoms with E-state index in [4.69, 9.17) is 9.47 Å². The number of hydrogen-bond donors (Lipinski definition) is 2. The molecule has 2 heterocycles. The number of carbonyl (C=O) groups excluding carboxylic acids is 1. The van der Waals surface area contributed by atoms with Crippen LogP contribution in [0, 0.1) is 5.92 Å². The molecular weight excluding hydrogens is 442 g/mol. The zero-order valence-electron chi connectivity index (χ0n) is 18.6. The smallest absolute Gasteiger partial charge is 0.413 e. The lowest BCUT2D eigenvalue weighted by Crippen LogP contribution is -2.29. The second-order valence-corrected chi connectivity index (χ2v) is 10.4. The molecule has 8 nitrogen and oxygen atoms in total. The van der Waals surface area contributed by atoms with E-state index in [1.54, 1.807) is 6.20 Å². The van der Waals surface area contributed by atoms with E-state index in [9.17, 15) is 13.2 Å². The van der Waals surface area contributed by atoms with E-state index in [0.717, 1.165) is 29.0 Å². The number of amides is 1. The van der Waals surface area contributed by atoms with E-state index in [-0.39, 0.29) is 18.4 Å². The Kier molecular flexibility index (Phi) is 7.29. The number of fused-ring (bicyclic) bond motifs is 1. The summed E-state index contributed by atoms with van der Waals surface area (Å²) in [6.07, 6.45) is 8.44. The number of allylic oxidation sites excluding steroid dienone is 2. The number of nitrogens with one attached hydrogen (secondary N) is 2. The molecule has 0 saturated heterocycles. The monoisotopic (exact) mass is 471 g/mol. The Morgan fingerprint density at radius 2 is 2.15 bits per heavy atom. The highest BCUT2D eigenvalue weighted by molar-refractivity contribution is 7.89. The molecule has 0 bridgehead atoms. The second-order valence-electron chi connectivity index (χ2n) is 8.50. The summed E-state index contributed by atoms with van der Waals surface area (Å²) >= 11 is 0. The van der Waals surface area contributed by atoms with Crippen LogP contribution >= 0.6 is 0 Å². The van der Waals surface area contributed by atoms with Crippen LogP contribution in [-0.4, -0.2) is 31.9 Å². The molecule has 1 saturated carbocycles. The van der Waals surface area contributed by atoms with Crippen LogP contribution in [0.2, 0.25) is 0 Å². The Hall–Kier alpha value is -2.91. The van der Waals surface area contributed by atoms with E-state index >= 15 is 0 Å². The number of anilines is 1. The largest absolute Gasteiger partial charge is 0.493 e. The van der Waals surface area contributed by atoms with Crippen LogP contribution in [0.4, 0.5) is 10.6 Å². The normalized spacial score (nSPS) is 16.7. The third kappa shape index (κ3) is 7.03. The van der Waals surface area contributed by atoms with E-state index in [2.05, 4.69) is 15.0 Å². The molecule has 0 spiro atoms. The lowest BCUT2D eigenvalue weighted by atomic mass is 10.1. The highest BCUT2D eigenvalue weighted by Crippen LogP contribution is 2.30. The van der Waals surface area contributed by atoms with Crippen LogP contribution in [0.15, 0.2) is 48.7 Å². The summed E-state index contributed by atoms with van der Waals surface area (Å²) in [6.45, 7) is 2.76. The number of carbonyl (C=O) groups is 1. The number of rotatable bonds is 11. The average molecular weight is 472 g/mol. The summed E-state index contributed by atoms with van der Waals surface area (Å²) in [5.74, 6) is 1.97. The molecule has 1 aromatic carbocycles. The van der Waals surface area contributed by atoms with Gasteiger partial charge in [0, 0.05) is 17.8 Å². The second kappa shape index (κ2) is 10.4. The van der Waals surface area contributed by atoms with Crippen LogP contribution in [0.3, 0.4) is 0 Å². The third-order valence-corrected chi connectivity index (χ3v) is 7.06. The fraction of sp³-hybridized carbons (Fsp3) is 0.417. The average Bonchev–Trinajstić information content (AvgIpc) is 3.62. The van der Waals surface area contributed by atoms with Crippen LogP contribution in [0.25, 0.3) is 0 Å². The maximum Gasteiger partial charge on any atom is 0.413 e. The van der Waals surface area contributed by atoms with Gasteiger partial charge in [-0.05, 0) is 67.9 Å². The molecule has 1 fully saturated rings. The fourth-order valence-electron chi connectivity index (χ4n) is 3.50. The lowest BCUT2D eigenvalue weighted by Gasteiger charge is -2.16. The summed E-state index contributed by atoms with van der Waals surface area (Å²) in [4.78, 5) is 15.4. The number of benzene rings is 1. The van der Waals surface area contributed by atoms with Gasteiger partial charge in [-0.25, -0.2) is 22.9 Å². The maximum absolute atomic E-state index is 12.5. The van der Waals surface area contributed by atoms with Crippen molar-refractivity contribution in [2.75, 3.05) is 17.7 Å². The molecule has 1 aliphatic heterocycles. The van der Waals surface area contributed by atoms with Crippen LogP contribution in [0.5, 0.6) is 5.75 Å². The van der Waals surface area contributed by atoms with E-state index < -0.39 is 16.1 Å². The molecule has 1 aliphatic carbocycles. The standard InChI is InChI=1S/C24H29N3O5S/c1-17(20-7-5-8-22(13-20)31-15-18-9-10-18)27-33(29,30)11-4-2-3-6-19-12-21-16-32-24(28)26-23(21)25-14-19/h2-3,5,7-8,12-14,17-18,27H,4,6,9-11,15-16H2,1H3,(H,25,26,28)/b3-2+/t17-/m1/s1. The summed E-state index contributed by atoms with van der Waals surface area (Å²) < 4.78 is 38.5.